The van der Waals surface area contributed by atoms with E-state index < -0.39 is 30.5 Å². The van der Waals surface area contributed by atoms with E-state index in [1.54, 1.807) is 48.5 Å². The summed E-state index contributed by atoms with van der Waals surface area (Å²) in [6.07, 6.45) is -4.36. The minimum atomic E-state index is -6.48. The van der Waals surface area contributed by atoms with Crippen molar-refractivity contribution >= 4 is 17.5 Å². The van der Waals surface area contributed by atoms with Gasteiger partial charge in [0, 0.05) is 10.7 Å². The van der Waals surface area contributed by atoms with Crippen LogP contribution in [0.3, 0.4) is 0 Å². The first kappa shape index (κ1) is 23.6. The summed E-state index contributed by atoms with van der Waals surface area (Å²) < 4.78 is 90.9. The lowest BCUT2D eigenvalue weighted by Crippen LogP contribution is -2.56. The summed E-state index contributed by atoms with van der Waals surface area (Å²) in [6.45, 7) is -2.23. The zero-order valence-electron chi connectivity index (χ0n) is 15.8. The molecule has 32 heavy (non-hydrogen) atoms. The second-order valence-corrected chi connectivity index (χ2v) is 7.11. The van der Waals surface area contributed by atoms with Gasteiger partial charge in [-0.25, -0.2) is 4.98 Å². The molecule has 3 aromatic rings. The van der Waals surface area contributed by atoms with E-state index in [0.717, 1.165) is 18.1 Å². The summed E-state index contributed by atoms with van der Waals surface area (Å²) in [5.41, 5.74) is 1.43. The third kappa shape index (κ3) is 4.57. The van der Waals surface area contributed by atoms with Gasteiger partial charge < -0.3 is 5.32 Å². The van der Waals surface area contributed by atoms with Crippen molar-refractivity contribution in [3.63, 3.8) is 0 Å². The average molecular weight is 480 g/mol. The lowest BCUT2D eigenvalue weighted by molar-refractivity contribution is -0.352. The first-order chi connectivity index (χ1) is 14.8. The fourth-order valence-corrected chi connectivity index (χ4v) is 2.96. The smallest absolute Gasteiger partial charge is 0.344 e. The van der Waals surface area contributed by atoms with E-state index >= 15 is 0 Å². The van der Waals surface area contributed by atoms with Gasteiger partial charge in [-0.05, 0) is 35.4 Å². The van der Waals surface area contributed by atoms with Crippen LogP contribution in [0.1, 0.15) is 10.5 Å². The van der Waals surface area contributed by atoms with Crippen molar-refractivity contribution in [2.45, 2.75) is 18.0 Å². The van der Waals surface area contributed by atoms with Crippen LogP contribution in [0.2, 0.25) is 5.02 Å². The molecule has 1 amide bonds. The van der Waals surface area contributed by atoms with Crippen LogP contribution in [0.15, 0.2) is 61.1 Å². The number of alkyl halides is 7. The van der Waals surface area contributed by atoms with Gasteiger partial charge >= 0.3 is 18.0 Å². The van der Waals surface area contributed by atoms with Crippen molar-refractivity contribution < 1.29 is 35.5 Å². The number of amides is 1. The molecule has 12 heteroatoms. The summed E-state index contributed by atoms with van der Waals surface area (Å²) in [4.78, 5) is 16.0. The standard InChI is InChI=1S/C20H13ClF7N3O/c21-14-5-1-3-12(7-14)13-4-2-6-15(8-13)31-11-29-9-16(31)17(32)30-10-18(22,23)19(24,25)20(26,27)28/h1-9,11H,10H2,(H,30,32). The van der Waals surface area contributed by atoms with E-state index in [2.05, 4.69) is 4.98 Å². The average Bonchev–Trinajstić information content (AvgIpc) is 3.21. The molecule has 0 fully saturated rings. The molecule has 2 aromatic carbocycles. The number of aromatic nitrogens is 2. The van der Waals surface area contributed by atoms with Crippen LogP contribution in [0.4, 0.5) is 30.7 Å². The summed E-state index contributed by atoms with van der Waals surface area (Å²) in [6, 6.07) is 13.4. The van der Waals surface area contributed by atoms with Crippen LogP contribution in [0, 0.1) is 0 Å². The summed E-state index contributed by atoms with van der Waals surface area (Å²) >= 11 is 5.98. The number of carbonyl (C=O) groups is 1. The molecular weight excluding hydrogens is 467 g/mol. The number of carbonyl (C=O) groups excluding carboxylic acids is 1. The van der Waals surface area contributed by atoms with E-state index in [1.807, 2.05) is 0 Å². The predicted molar refractivity (Wildman–Crippen MR) is 102 cm³/mol. The van der Waals surface area contributed by atoms with Gasteiger partial charge in [0.1, 0.15) is 5.69 Å². The molecule has 0 atom stereocenters. The summed E-state index contributed by atoms with van der Waals surface area (Å²) in [7, 11) is 0. The number of rotatable bonds is 6. The van der Waals surface area contributed by atoms with Gasteiger partial charge in [-0.15, -0.1) is 0 Å². The van der Waals surface area contributed by atoms with Gasteiger partial charge in [0.2, 0.25) is 0 Å². The van der Waals surface area contributed by atoms with Crippen molar-refractivity contribution in [1.82, 2.24) is 14.9 Å². The van der Waals surface area contributed by atoms with Gasteiger partial charge in [0.05, 0.1) is 19.1 Å². The van der Waals surface area contributed by atoms with E-state index in [-0.39, 0.29) is 5.69 Å². The maximum absolute atomic E-state index is 13.5. The highest BCUT2D eigenvalue weighted by Gasteiger charge is 2.72. The minimum absolute atomic E-state index is 0.348. The molecule has 3 rings (SSSR count). The Morgan fingerprint density at radius 3 is 2.22 bits per heavy atom. The monoisotopic (exact) mass is 479 g/mol. The van der Waals surface area contributed by atoms with Crippen molar-refractivity contribution in [1.29, 1.82) is 0 Å². The summed E-state index contributed by atoms with van der Waals surface area (Å²) in [5.74, 6) is -13.2. The number of benzene rings is 2. The molecule has 0 spiro atoms. The van der Waals surface area contributed by atoms with Crippen LogP contribution < -0.4 is 5.32 Å². The molecule has 1 aromatic heterocycles. The molecule has 170 valence electrons. The molecule has 0 saturated carbocycles. The molecular formula is C20H13ClF7N3O. The van der Waals surface area contributed by atoms with Crippen LogP contribution in [-0.4, -0.2) is 40.0 Å². The number of hydrogen-bond donors (Lipinski definition) is 1. The lowest BCUT2D eigenvalue weighted by atomic mass is 10.1. The van der Waals surface area contributed by atoms with Gasteiger partial charge in [0.15, 0.2) is 0 Å². The number of nitrogens with one attached hydrogen (secondary N) is 1. The Morgan fingerprint density at radius 1 is 0.969 bits per heavy atom. The van der Waals surface area contributed by atoms with Crippen LogP contribution in [0.5, 0.6) is 0 Å². The fourth-order valence-electron chi connectivity index (χ4n) is 2.77. The molecule has 1 N–H and O–H groups in total. The highest BCUT2D eigenvalue weighted by atomic mass is 35.5. The first-order valence-electron chi connectivity index (χ1n) is 8.83. The largest absolute Gasteiger partial charge is 0.459 e. The zero-order chi connectivity index (χ0) is 23.7. The SMILES string of the molecule is O=C(NCC(F)(F)C(F)(F)C(F)(F)F)c1cncn1-c1cccc(-c2cccc(Cl)c2)c1. The van der Waals surface area contributed by atoms with Crippen molar-refractivity contribution in [3.05, 3.63) is 71.8 Å². The molecule has 1 heterocycles. The van der Waals surface area contributed by atoms with E-state index in [9.17, 15) is 35.5 Å². The van der Waals surface area contributed by atoms with Gasteiger partial charge in [0.25, 0.3) is 5.91 Å². The number of hydrogen-bond acceptors (Lipinski definition) is 2. The van der Waals surface area contributed by atoms with E-state index in [1.165, 1.54) is 9.88 Å². The second-order valence-electron chi connectivity index (χ2n) is 6.67. The third-order valence-corrected chi connectivity index (χ3v) is 4.67. The minimum Gasteiger partial charge on any atom is -0.344 e. The van der Waals surface area contributed by atoms with E-state index in [0.29, 0.717) is 16.3 Å². The lowest BCUT2D eigenvalue weighted by Gasteiger charge is -2.28. The molecule has 4 nitrogen and oxygen atoms in total. The Morgan fingerprint density at radius 2 is 1.59 bits per heavy atom. The quantitative estimate of drug-likeness (QED) is 0.457. The number of imidazole rings is 1. The van der Waals surface area contributed by atoms with Crippen molar-refractivity contribution in [2.75, 3.05) is 6.54 Å². The van der Waals surface area contributed by atoms with Gasteiger partial charge in [-0.3, -0.25) is 9.36 Å². The normalized spacial score (nSPS) is 12.6. The molecule has 0 radical (unpaired) electrons. The van der Waals surface area contributed by atoms with Crippen molar-refractivity contribution in [3.8, 4) is 16.8 Å². The Kier molecular flexibility index (Phi) is 6.23. The van der Waals surface area contributed by atoms with Crippen LogP contribution in [0.25, 0.3) is 16.8 Å². The number of nitrogens with zero attached hydrogens (tertiary/aromatic N) is 2. The maximum atomic E-state index is 13.5. The van der Waals surface area contributed by atoms with Crippen LogP contribution >= 0.6 is 11.6 Å². The Bertz CT molecular complexity index is 1130. The molecule has 0 aliphatic carbocycles. The molecule has 0 unspecified atom stereocenters. The topological polar surface area (TPSA) is 46.9 Å². The maximum Gasteiger partial charge on any atom is 0.459 e. The molecule has 0 aliphatic heterocycles. The van der Waals surface area contributed by atoms with E-state index in [4.69, 9.17) is 11.6 Å². The number of halogens is 8. The van der Waals surface area contributed by atoms with Crippen LogP contribution in [-0.2, 0) is 0 Å². The molecule has 0 bridgehead atoms. The fraction of sp³-hybridized carbons (Fsp3) is 0.200. The highest BCUT2D eigenvalue weighted by molar-refractivity contribution is 6.30. The Labute approximate surface area is 181 Å². The third-order valence-electron chi connectivity index (χ3n) is 4.44. The predicted octanol–water partition coefficient (Wildman–Crippen LogP) is 5.76. The summed E-state index contributed by atoms with van der Waals surface area (Å²) in [5, 5.41) is 1.90. The van der Waals surface area contributed by atoms with Crippen molar-refractivity contribution in [2.24, 2.45) is 0 Å². The Hall–Kier alpha value is -3.08. The molecule has 0 saturated heterocycles. The second kappa shape index (κ2) is 8.45. The molecule has 0 aliphatic rings. The zero-order valence-corrected chi connectivity index (χ0v) is 16.6. The first-order valence-corrected chi connectivity index (χ1v) is 9.20. The van der Waals surface area contributed by atoms with Gasteiger partial charge in [-0.1, -0.05) is 35.9 Å². The highest BCUT2D eigenvalue weighted by Crippen LogP contribution is 2.46. The van der Waals surface area contributed by atoms with Gasteiger partial charge in [-0.2, -0.15) is 30.7 Å². The Balaban J connectivity index is 1.83.